The van der Waals surface area contributed by atoms with Crippen molar-refractivity contribution < 1.29 is 13.8 Å². The van der Waals surface area contributed by atoms with Crippen LogP contribution in [0, 0.1) is 10.1 Å². The van der Waals surface area contributed by atoms with Crippen molar-refractivity contribution in [3.63, 3.8) is 0 Å². The molecule has 5 nitrogen and oxygen atoms in total. The zero-order valence-corrected chi connectivity index (χ0v) is 14.0. The van der Waals surface area contributed by atoms with Crippen molar-refractivity contribution in [2.24, 2.45) is 0 Å². The van der Waals surface area contributed by atoms with Crippen molar-refractivity contribution >= 4 is 18.9 Å². The molecule has 23 heavy (non-hydrogen) atoms. The minimum absolute atomic E-state index is 0.0759. The number of nitro groups is 1. The first-order valence-electron chi connectivity index (χ1n) is 7.66. The summed E-state index contributed by atoms with van der Waals surface area (Å²) >= 11 is 0. The van der Waals surface area contributed by atoms with Crippen LogP contribution >= 0.6 is 0 Å². The molecular weight excluding hydrogens is 310 g/mol. The van der Waals surface area contributed by atoms with Gasteiger partial charge in [0.2, 0.25) is 0 Å². The molecule has 6 heteroatoms. The van der Waals surface area contributed by atoms with Gasteiger partial charge in [0.05, 0.1) is 0 Å². The Bertz CT molecular complexity index is 628. The van der Waals surface area contributed by atoms with Crippen LogP contribution in [0.15, 0.2) is 60.7 Å². The molecular formula is C17H19NO4Si. The summed E-state index contributed by atoms with van der Waals surface area (Å²) in [6.07, 6.45) is 0.383. The molecule has 0 radical (unpaired) electrons. The van der Waals surface area contributed by atoms with Gasteiger partial charge in [-0.25, -0.2) is 0 Å². The molecule has 2 aromatic carbocycles. The Labute approximate surface area is 136 Å². The van der Waals surface area contributed by atoms with Crippen LogP contribution in [-0.4, -0.2) is 32.2 Å². The van der Waals surface area contributed by atoms with Gasteiger partial charge in [0.25, 0.3) is 5.54 Å². The van der Waals surface area contributed by atoms with Crippen molar-refractivity contribution in [1.82, 2.24) is 0 Å². The number of benzene rings is 2. The minimum atomic E-state index is -2.89. The van der Waals surface area contributed by atoms with E-state index in [1.54, 1.807) is 6.92 Å². The third kappa shape index (κ3) is 2.69. The summed E-state index contributed by atoms with van der Waals surface area (Å²) in [7, 11) is -2.89. The number of rotatable bonds is 4. The van der Waals surface area contributed by atoms with Crippen molar-refractivity contribution in [2.75, 3.05) is 13.2 Å². The van der Waals surface area contributed by atoms with Gasteiger partial charge in [-0.2, -0.15) is 0 Å². The molecule has 1 saturated heterocycles. The lowest BCUT2D eigenvalue weighted by Crippen LogP contribution is -2.70. The Hall–Kier alpha value is -2.02. The van der Waals surface area contributed by atoms with Gasteiger partial charge in [0.15, 0.2) is 0 Å². The minimum Gasteiger partial charge on any atom is -0.380 e. The Morgan fingerprint density at radius 2 is 1.43 bits per heavy atom. The molecule has 1 aliphatic heterocycles. The summed E-state index contributed by atoms with van der Waals surface area (Å²) in [4.78, 5) is 11.2. The van der Waals surface area contributed by atoms with E-state index >= 15 is 0 Å². The summed E-state index contributed by atoms with van der Waals surface area (Å²) in [5.41, 5.74) is -1.15. The van der Waals surface area contributed by atoms with Crippen molar-refractivity contribution in [3.8, 4) is 0 Å². The van der Waals surface area contributed by atoms with Crippen LogP contribution in [0.3, 0.4) is 0 Å². The maximum Gasteiger partial charge on any atom is 0.407 e. The first-order chi connectivity index (χ1) is 11.1. The smallest absolute Gasteiger partial charge is 0.380 e. The molecule has 0 spiro atoms. The maximum absolute atomic E-state index is 11.5. The Morgan fingerprint density at radius 1 is 1.00 bits per heavy atom. The van der Waals surface area contributed by atoms with Crippen molar-refractivity contribution in [2.45, 2.75) is 18.9 Å². The van der Waals surface area contributed by atoms with E-state index in [0.29, 0.717) is 6.42 Å². The SMILES string of the molecule is CCC1([N+](=O)[O-])CO[Si](c2ccccc2)(c2ccccc2)OC1. The van der Waals surface area contributed by atoms with E-state index in [9.17, 15) is 10.1 Å². The summed E-state index contributed by atoms with van der Waals surface area (Å²) in [6.45, 7) is 1.95. The topological polar surface area (TPSA) is 61.6 Å². The molecule has 0 unspecified atom stereocenters. The molecule has 1 fully saturated rings. The van der Waals surface area contributed by atoms with E-state index in [1.165, 1.54) is 0 Å². The second kappa shape index (κ2) is 6.23. The molecule has 0 aliphatic carbocycles. The van der Waals surface area contributed by atoms with E-state index in [2.05, 4.69) is 0 Å². The third-order valence-corrected chi connectivity index (χ3v) is 7.73. The predicted octanol–water partition coefficient (Wildman–Crippen LogP) is 1.72. The average molecular weight is 329 g/mol. The molecule has 1 heterocycles. The average Bonchev–Trinajstić information content (AvgIpc) is 2.63. The van der Waals surface area contributed by atoms with Gasteiger partial charge < -0.3 is 8.85 Å². The summed E-state index contributed by atoms with van der Waals surface area (Å²) < 4.78 is 12.4. The number of hydrogen-bond acceptors (Lipinski definition) is 4. The molecule has 0 N–H and O–H groups in total. The lowest BCUT2D eigenvalue weighted by atomic mass is 10.0. The van der Waals surface area contributed by atoms with E-state index in [0.717, 1.165) is 10.4 Å². The molecule has 0 atom stereocenters. The van der Waals surface area contributed by atoms with Gasteiger partial charge in [-0.15, -0.1) is 0 Å². The number of nitrogens with zero attached hydrogens (tertiary/aromatic N) is 1. The maximum atomic E-state index is 11.5. The molecule has 120 valence electrons. The molecule has 0 bridgehead atoms. The molecule has 1 aliphatic rings. The largest absolute Gasteiger partial charge is 0.407 e. The van der Waals surface area contributed by atoms with Crippen LogP contribution in [0.25, 0.3) is 0 Å². The van der Waals surface area contributed by atoms with Crippen LogP contribution in [0.4, 0.5) is 0 Å². The summed E-state index contributed by atoms with van der Waals surface area (Å²) in [6, 6.07) is 19.5. The zero-order valence-electron chi connectivity index (χ0n) is 13.0. The fourth-order valence-corrected chi connectivity index (χ4v) is 6.10. The first-order valence-corrected chi connectivity index (χ1v) is 9.48. The highest BCUT2D eigenvalue weighted by Gasteiger charge is 2.55. The van der Waals surface area contributed by atoms with Gasteiger partial charge in [-0.05, 0) is 10.4 Å². The molecule has 0 amide bonds. The van der Waals surface area contributed by atoms with Crippen molar-refractivity contribution in [3.05, 3.63) is 70.8 Å². The van der Waals surface area contributed by atoms with Crippen LogP contribution < -0.4 is 10.4 Å². The standard InChI is InChI=1S/C17H19NO4Si/c1-2-17(18(19)20)13-21-23(22-14-17,15-9-5-3-6-10-15)16-11-7-4-8-12-16/h3-12H,2,13-14H2,1H3. The Balaban J connectivity index is 2.02. The van der Waals surface area contributed by atoms with Crippen LogP contribution in [0.1, 0.15) is 13.3 Å². The molecule has 3 rings (SSSR count). The van der Waals surface area contributed by atoms with Gasteiger partial charge >= 0.3 is 8.56 Å². The molecule has 2 aromatic rings. The summed E-state index contributed by atoms with van der Waals surface area (Å²) in [5, 5.41) is 13.4. The summed E-state index contributed by atoms with van der Waals surface area (Å²) in [5.74, 6) is 0. The van der Waals surface area contributed by atoms with Gasteiger partial charge in [0.1, 0.15) is 13.2 Å². The molecule has 0 aromatic heterocycles. The second-order valence-electron chi connectivity index (χ2n) is 5.76. The van der Waals surface area contributed by atoms with E-state index in [-0.39, 0.29) is 18.1 Å². The first kappa shape index (κ1) is 15.9. The Morgan fingerprint density at radius 3 is 1.78 bits per heavy atom. The monoisotopic (exact) mass is 329 g/mol. The lowest BCUT2D eigenvalue weighted by Gasteiger charge is -2.40. The van der Waals surface area contributed by atoms with E-state index in [4.69, 9.17) is 8.85 Å². The van der Waals surface area contributed by atoms with Crippen LogP contribution in [0.2, 0.25) is 0 Å². The highest BCUT2D eigenvalue weighted by Crippen LogP contribution is 2.26. The quantitative estimate of drug-likeness (QED) is 0.487. The normalized spacial score (nSPS) is 19.2. The highest BCUT2D eigenvalue weighted by molar-refractivity contribution is 6.92. The van der Waals surface area contributed by atoms with E-state index < -0.39 is 14.1 Å². The fourth-order valence-electron chi connectivity index (χ4n) is 2.81. The van der Waals surface area contributed by atoms with E-state index in [1.807, 2.05) is 60.7 Å². The Kier molecular flexibility index (Phi) is 4.30. The highest BCUT2D eigenvalue weighted by atomic mass is 28.4. The second-order valence-corrected chi connectivity index (χ2v) is 8.73. The molecule has 0 saturated carbocycles. The van der Waals surface area contributed by atoms with Gasteiger partial charge in [-0.3, -0.25) is 10.1 Å². The third-order valence-electron chi connectivity index (χ3n) is 4.44. The van der Waals surface area contributed by atoms with Gasteiger partial charge in [-0.1, -0.05) is 67.6 Å². The number of hydrogen-bond donors (Lipinski definition) is 0. The lowest BCUT2D eigenvalue weighted by molar-refractivity contribution is -0.579. The van der Waals surface area contributed by atoms with Gasteiger partial charge in [0, 0.05) is 11.3 Å². The van der Waals surface area contributed by atoms with Crippen molar-refractivity contribution in [1.29, 1.82) is 0 Å². The fraction of sp³-hybridized carbons (Fsp3) is 0.294. The van der Waals surface area contributed by atoms with Crippen LogP contribution in [0.5, 0.6) is 0 Å². The van der Waals surface area contributed by atoms with Crippen LogP contribution in [-0.2, 0) is 8.85 Å². The zero-order chi connectivity index (χ0) is 16.3. The predicted molar refractivity (Wildman–Crippen MR) is 89.8 cm³/mol.